The maximum Gasteiger partial charge on any atom is 0.309 e. The van der Waals surface area contributed by atoms with Crippen LogP contribution in [0.2, 0.25) is 0 Å². The average Bonchev–Trinajstić information content (AvgIpc) is 2.38. The minimum absolute atomic E-state index is 0.559. The van der Waals surface area contributed by atoms with Crippen LogP contribution in [0, 0.1) is 5.41 Å². The van der Waals surface area contributed by atoms with Crippen molar-refractivity contribution in [3.63, 3.8) is 0 Å². The Morgan fingerprint density at radius 3 is 2.29 bits per heavy atom. The van der Waals surface area contributed by atoms with Crippen LogP contribution in [0.15, 0.2) is 0 Å². The molecule has 0 radical (unpaired) electrons. The summed E-state index contributed by atoms with van der Waals surface area (Å²) in [5.74, 6) is -0.658. The summed E-state index contributed by atoms with van der Waals surface area (Å²) in [5.41, 5.74) is -0.559. The van der Waals surface area contributed by atoms with Gasteiger partial charge >= 0.3 is 5.97 Å². The first-order chi connectivity index (χ1) is 8.23. The third-order valence-corrected chi connectivity index (χ3v) is 3.91. The quantitative estimate of drug-likeness (QED) is 0.783. The van der Waals surface area contributed by atoms with Gasteiger partial charge in [0.25, 0.3) is 0 Å². The van der Waals surface area contributed by atoms with E-state index in [2.05, 4.69) is 4.90 Å². The van der Waals surface area contributed by atoms with E-state index in [9.17, 15) is 9.90 Å². The third-order valence-electron chi connectivity index (χ3n) is 3.91. The molecule has 17 heavy (non-hydrogen) atoms. The Bertz CT molecular complexity index is 257. The zero-order valence-electron chi connectivity index (χ0n) is 10.2. The van der Waals surface area contributed by atoms with Crippen LogP contribution in [0.1, 0.15) is 19.3 Å². The van der Waals surface area contributed by atoms with E-state index in [1.54, 1.807) is 0 Å². The summed E-state index contributed by atoms with van der Waals surface area (Å²) in [6.45, 7) is 5.39. The second-order valence-electron chi connectivity index (χ2n) is 4.90. The number of nitrogens with zero attached hydrogens (tertiary/aromatic N) is 1. The Kier molecular flexibility index (Phi) is 4.36. The molecule has 1 N–H and O–H groups in total. The summed E-state index contributed by atoms with van der Waals surface area (Å²) < 4.78 is 10.6. The van der Waals surface area contributed by atoms with E-state index in [1.807, 2.05) is 0 Å². The van der Waals surface area contributed by atoms with Crippen LogP contribution in [-0.2, 0) is 14.3 Å². The predicted octanol–water partition coefficient (Wildman–Crippen LogP) is 0.590. The van der Waals surface area contributed by atoms with Crippen molar-refractivity contribution in [1.29, 1.82) is 0 Å². The van der Waals surface area contributed by atoms with Crippen molar-refractivity contribution in [1.82, 2.24) is 4.90 Å². The number of morpholine rings is 1. The van der Waals surface area contributed by atoms with Crippen LogP contribution in [0.5, 0.6) is 0 Å². The van der Waals surface area contributed by atoms with Crippen LogP contribution in [-0.4, -0.2) is 62.0 Å². The number of carboxylic acids is 1. The van der Waals surface area contributed by atoms with Gasteiger partial charge in [-0.1, -0.05) is 0 Å². The molecule has 2 fully saturated rings. The molecule has 0 aromatic heterocycles. The highest BCUT2D eigenvalue weighted by atomic mass is 16.5. The largest absolute Gasteiger partial charge is 0.481 e. The third kappa shape index (κ3) is 3.18. The summed E-state index contributed by atoms with van der Waals surface area (Å²) in [5, 5.41) is 9.42. The molecule has 0 bridgehead atoms. The minimum Gasteiger partial charge on any atom is -0.481 e. The molecule has 98 valence electrons. The highest BCUT2D eigenvalue weighted by molar-refractivity contribution is 5.74. The number of carbonyl (C=O) groups is 1. The van der Waals surface area contributed by atoms with Crippen molar-refractivity contribution < 1.29 is 19.4 Å². The molecule has 0 atom stereocenters. The fourth-order valence-electron chi connectivity index (χ4n) is 2.53. The monoisotopic (exact) mass is 243 g/mol. The topological polar surface area (TPSA) is 59.0 Å². The molecule has 5 heteroatoms. The van der Waals surface area contributed by atoms with Gasteiger partial charge in [0.05, 0.1) is 18.6 Å². The van der Waals surface area contributed by atoms with Gasteiger partial charge in [0.2, 0.25) is 0 Å². The number of carboxylic acid groups (broad SMARTS) is 1. The van der Waals surface area contributed by atoms with E-state index >= 15 is 0 Å². The fourth-order valence-corrected chi connectivity index (χ4v) is 2.53. The van der Waals surface area contributed by atoms with Crippen molar-refractivity contribution in [2.45, 2.75) is 19.3 Å². The Hall–Kier alpha value is -0.650. The first-order valence-corrected chi connectivity index (χ1v) is 6.34. The highest BCUT2D eigenvalue weighted by Gasteiger charge is 2.40. The molecule has 5 nitrogen and oxygen atoms in total. The zero-order chi connectivity index (χ0) is 12.1. The standard InChI is InChI=1S/C12H21NO4/c14-11(15)12(2-7-16-8-3-12)1-4-13-5-9-17-10-6-13/h1-10H2,(H,14,15). The molecule has 2 aliphatic heterocycles. The van der Waals surface area contributed by atoms with Gasteiger partial charge in [-0.15, -0.1) is 0 Å². The van der Waals surface area contributed by atoms with Crippen LogP contribution in [0.25, 0.3) is 0 Å². The van der Waals surface area contributed by atoms with Gasteiger partial charge in [0, 0.05) is 26.3 Å². The van der Waals surface area contributed by atoms with Gasteiger partial charge in [-0.25, -0.2) is 0 Å². The van der Waals surface area contributed by atoms with Gasteiger partial charge < -0.3 is 14.6 Å². The van der Waals surface area contributed by atoms with Gasteiger partial charge in [-0.2, -0.15) is 0 Å². The second-order valence-corrected chi connectivity index (χ2v) is 4.90. The predicted molar refractivity (Wildman–Crippen MR) is 62.0 cm³/mol. The maximum absolute atomic E-state index is 11.5. The van der Waals surface area contributed by atoms with Gasteiger partial charge in [0.15, 0.2) is 0 Å². The maximum atomic E-state index is 11.5. The number of hydrogen-bond donors (Lipinski definition) is 1. The minimum atomic E-state index is -0.658. The molecule has 0 aliphatic carbocycles. The number of aliphatic carboxylic acids is 1. The van der Waals surface area contributed by atoms with Crippen molar-refractivity contribution in [2.75, 3.05) is 46.1 Å². The zero-order valence-corrected chi connectivity index (χ0v) is 10.2. The molecule has 0 aromatic rings. The van der Waals surface area contributed by atoms with E-state index in [0.29, 0.717) is 26.1 Å². The van der Waals surface area contributed by atoms with Crippen LogP contribution < -0.4 is 0 Å². The SMILES string of the molecule is O=C(O)C1(CCN2CCOCC2)CCOCC1. The molecule has 2 aliphatic rings. The lowest BCUT2D eigenvalue weighted by molar-refractivity contribution is -0.156. The molecule has 0 saturated carbocycles. The lowest BCUT2D eigenvalue weighted by atomic mass is 9.77. The van der Waals surface area contributed by atoms with Crippen molar-refractivity contribution in [3.8, 4) is 0 Å². The average molecular weight is 243 g/mol. The number of hydrogen-bond acceptors (Lipinski definition) is 4. The highest BCUT2D eigenvalue weighted by Crippen LogP contribution is 2.34. The van der Waals surface area contributed by atoms with Crippen molar-refractivity contribution in [2.24, 2.45) is 5.41 Å². The molecule has 2 heterocycles. The first-order valence-electron chi connectivity index (χ1n) is 6.34. The Morgan fingerprint density at radius 1 is 1.12 bits per heavy atom. The molecule has 0 spiro atoms. The van der Waals surface area contributed by atoms with Gasteiger partial charge in [-0.3, -0.25) is 9.69 Å². The number of rotatable bonds is 4. The summed E-state index contributed by atoms with van der Waals surface area (Å²) in [6.07, 6.45) is 2.02. The Morgan fingerprint density at radius 2 is 1.71 bits per heavy atom. The lowest BCUT2D eigenvalue weighted by Crippen LogP contribution is -2.43. The van der Waals surface area contributed by atoms with Crippen LogP contribution in [0.4, 0.5) is 0 Å². The Labute approximate surface area is 102 Å². The summed E-state index contributed by atoms with van der Waals surface area (Å²) >= 11 is 0. The lowest BCUT2D eigenvalue weighted by Gasteiger charge is -2.35. The van der Waals surface area contributed by atoms with Crippen molar-refractivity contribution in [3.05, 3.63) is 0 Å². The number of ether oxygens (including phenoxy) is 2. The molecule has 0 amide bonds. The molecular weight excluding hydrogens is 222 g/mol. The molecular formula is C12H21NO4. The fraction of sp³-hybridized carbons (Fsp3) is 0.917. The molecule has 0 aromatic carbocycles. The van der Waals surface area contributed by atoms with E-state index in [1.165, 1.54) is 0 Å². The van der Waals surface area contributed by atoms with E-state index < -0.39 is 11.4 Å². The van der Waals surface area contributed by atoms with E-state index in [4.69, 9.17) is 9.47 Å². The molecule has 2 rings (SSSR count). The van der Waals surface area contributed by atoms with Gasteiger partial charge in [0.1, 0.15) is 0 Å². The van der Waals surface area contributed by atoms with E-state index in [0.717, 1.165) is 39.3 Å². The van der Waals surface area contributed by atoms with Crippen molar-refractivity contribution >= 4 is 5.97 Å². The normalized spacial score (nSPS) is 25.6. The molecule has 0 unspecified atom stereocenters. The Balaban J connectivity index is 1.86. The molecule has 2 saturated heterocycles. The first kappa shape index (κ1) is 12.8. The van der Waals surface area contributed by atoms with E-state index in [-0.39, 0.29) is 0 Å². The summed E-state index contributed by atoms with van der Waals surface area (Å²) in [4.78, 5) is 13.7. The van der Waals surface area contributed by atoms with Crippen LogP contribution >= 0.6 is 0 Å². The second kappa shape index (κ2) is 5.80. The van der Waals surface area contributed by atoms with Gasteiger partial charge in [-0.05, 0) is 25.8 Å². The van der Waals surface area contributed by atoms with Crippen LogP contribution in [0.3, 0.4) is 0 Å². The smallest absolute Gasteiger partial charge is 0.309 e. The summed E-state index contributed by atoms with van der Waals surface area (Å²) in [7, 11) is 0. The summed E-state index contributed by atoms with van der Waals surface area (Å²) in [6, 6.07) is 0.